The van der Waals surface area contributed by atoms with Crippen LogP contribution in [0.15, 0.2) is 53.3 Å². The third-order valence-electron chi connectivity index (χ3n) is 3.17. The zero-order valence-corrected chi connectivity index (χ0v) is 12.7. The SMILES string of the molecule is CC(C(=O)Nc1ccncc1Br)C(N)c1ccccc1. The maximum atomic E-state index is 12.2. The molecule has 1 aromatic heterocycles. The number of nitrogens with one attached hydrogen (secondary N) is 1. The summed E-state index contributed by atoms with van der Waals surface area (Å²) in [5.74, 6) is -0.453. The van der Waals surface area contributed by atoms with Gasteiger partial charge in [-0.25, -0.2) is 0 Å². The van der Waals surface area contributed by atoms with E-state index in [2.05, 4.69) is 26.2 Å². The van der Waals surface area contributed by atoms with Crippen molar-refractivity contribution in [3.05, 3.63) is 58.8 Å². The van der Waals surface area contributed by atoms with Crippen molar-refractivity contribution in [2.75, 3.05) is 5.32 Å². The minimum Gasteiger partial charge on any atom is -0.325 e. The number of carbonyl (C=O) groups excluding carboxylic acids is 1. The summed E-state index contributed by atoms with van der Waals surface area (Å²) in [6, 6.07) is 11.0. The molecule has 0 fully saturated rings. The van der Waals surface area contributed by atoms with Crippen LogP contribution in [0.25, 0.3) is 0 Å². The predicted molar refractivity (Wildman–Crippen MR) is 83.1 cm³/mol. The number of amides is 1. The highest BCUT2D eigenvalue weighted by Gasteiger charge is 2.22. The number of rotatable bonds is 4. The van der Waals surface area contributed by atoms with Gasteiger partial charge in [0.2, 0.25) is 5.91 Å². The molecule has 0 spiro atoms. The highest BCUT2D eigenvalue weighted by molar-refractivity contribution is 9.10. The molecule has 3 N–H and O–H groups in total. The maximum Gasteiger partial charge on any atom is 0.229 e. The third-order valence-corrected chi connectivity index (χ3v) is 3.80. The van der Waals surface area contributed by atoms with Crippen LogP contribution in [-0.2, 0) is 4.79 Å². The molecule has 5 heteroatoms. The van der Waals surface area contributed by atoms with Gasteiger partial charge in [0.1, 0.15) is 0 Å². The van der Waals surface area contributed by atoms with Gasteiger partial charge in [-0.15, -0.1) is 0 Å². The summed E-state index contributed by atoms with van der Waals surface area (Å²) in [5.41, 5.74) is 7.79. The molecule has 0 aliphatic heterocycles. The number of aromatic nitrogens is 1. The van der Waals surface area contributed by atoms with E-state index in [1.165, 1.54) is 0 Å². The fourth-order valence-electron chi connectivity index (χ4n) is 1.85. The average molecular weight is 334 g/mol. The maximum absolute atomic E-state index is 12.2. The highest BCUT2D eigenvalue weighted by Crippen LogP contribution is 2.24. The molecule has 1 aromatic carbocycles. The third kappa shape index (κ3) is 3.43. The normalized spacial score (nSPS) is 13.6. The minimum absolute atomic E-state index is 0.117. The van der Waals surface area contributed by atoms with E-state index in [0.29, 0.717) is 5.69 Å². The van der Waals surface area contributed by atoms with Crippen molar-refractivity contribution < 1.29 is 4.79 Å². The van der Waals surface area contributed by atoms with Crippen LogP contribution in [0.1, 0.15) is 18.5 Å². The highest BCUT2D eigenvalue weighted by atomic mass is 79.9. The Balaban J connectivity index is 2.08. The molecule has 2 unspecified atom stereocenters. The number of halogens is 1. The van der Waals surface area contributed by atoms with Gasteiger partial charge >= 0.3 is 0 Å². The Labute approximate surface area is 126 Å². The Morgan fingerprint density at radius 3 is 2.65 bits per heavy atom. The monoisotopic (exact) mass is 333 g/mol. The van der Waals surface area contributed by atoms with Crippen molar-refractivity contribution in [1.29, 1.82) is 0 Å². The average Bonchev–Trinajstić information content (AvgIpc) is 2.49. The zero-order valence-electron chi connectivity index (χ0n) is 11.1. The summed E-state index contributed by atoms with van der Waals surface area (Å²) in [6.45, 7) is 1.82. The molecule has 2 rings (SSSR count). The standard InChI is InChI=1S/C15H16BrN3O/c1-10(14(17)11-5-3-2-4-6-11)15(20)19-13-7-8-18-9-12(13)16/h2-10,14H,17H2,1H3,(H,18,19,20). The fraction of sp³-hybridized carbons (Fsp3) is 0.200. The van der Waals surface area contributed by atoms with Crippen LogP contribution in [0.4, 0.5) is 5.69 Å². The van der Waals surface area contributed by atoms with Gasteiger partial charge in [0.15, 0.2) is 0 Å². The molecular formula is C15H16BrN3O. The number of nitrogens with two attached hydrogens (primary N) is 1. The molecule has 0 aliphatic rings. The van der Waals surface area contributed by atoms with Gasteiger partial charge in [-0.1, -0.05) is 37.3 Å². The van der Waals surface area contributed by atoms with Gasteiger partial charge in [0.25, 0.3) is 0 Å². The largest absolute Gasteiger partial charge is 0.325 e. The van der Waals surface area contributed by atoms with E-state index in [9.17, 15) is 4.79 Å². The molecule has 1 heterocycles. The van der Waals surface area contributed by atoms with E-state index < -0.39 is 0 Å². The van der Waals surface area contributed by atoms with Gasteiger partial charge in [0, 0.05) is 18.4 Å². The first-order chi connectivity index (χ1) is 9.59. The number of pyridine rings is 1. The summed E-state index contributed by atoms with van der Waals surface area (Å²) in [6.07, 6.45) is 3.26. The van der Waals surface area contributed by atoms with E-state index in [4.69, 9.17) is 5.73 Å². The van der Waals surface area contributed by atoms with Crippen LogP contribution in [0.3, 0.4) is 0 Å². The van der Waals surface area contributed by atoms with Crippen LogP contribution >= 0.6 is 15.9 Å². The number of hydrogen-bond donors (Lipinski definition) is 2. The lowest BCUT2D eigenvalue weighted by molar-refractivity contribution is -0.120. The summed E-state index contributed by atoms with van der Waals surface area (Å²) in [4.78, 5) is 16.2. The van der Waals surface area contributed by atoms with Crippen molar-refractivity contribution in [2.45, 2.75) is 13.0 Å². The number of nitrogens with zero attached hydrogens (tertiary/aromatic N) is 1. The molecule has 2 aromatic rings. The Morgan fingerprint density at radius 2 is 2.00 bits per heavy atom. The molecule has 2 atom stereocenters. The molecule has 0 bridgehead atoms. The van der Waals surface area contributed by atoms with Gasteiger partial charge in [0.05, 0.1) is 16.1 Å². The first-order valence-electron chi connectivity index (χ1n) is 6.30. The second kappa shape index (κ2) is 6.63. The molecule has 0 saturated carbocycles. The number of carbonyl (C=O) groups is 1. The second-order valence-corrected chi connectivity index (χ2v) is 5.42. The molecule has 4 nitrogen and oxygen atoms in total. The minimum atomic E-state index is -0.336. The number of benzene rings is 1. The summed E-state index contributed by atoms with van der Waals surface area (Å²) >= 11 is 3.35. The Morgan fingerprint density at radius 1 is 1.30 bits per heavy atom. The Hall–Kier alpha value is -1.72. The van der Waals surface area contributed by atoms with E-state index >= 15 is 0 Å². The van der Waals surface area contributed by atoms with Crippen LogP contribution in [0.2, 0.25) is 0 Å². The summed E-state index contributed by atoms with van der Waals surface area (Å²) in [5, 5.41) is 2.85. The van der Waals surface area contributed by atoms with Gasteiger partial charge < -0.3 is 11.1 Å². The molecular weight excluding hydrogens is 318 g/mol. The zero-order chi connectivity index (χ0) is 14.5. The quantitative estimate of drug-likeness (QED) is 0.903. The molecule has 0 aliphatic carbocycles. The lowest BCUT2D eigenvalue weighted by atomic mass is 9.94. The van der Waals surface area contributed by atoms with E-state index in [1.807, 2.05) is 37.3 Å². The van der Waals surface area contributed by atoms with Crippen molar-refractivity contribution in [1.82, 2.24) is 4.98 Å². The predicted octanol–water partition coefficient (Wildman–Crippen LogP) is 3.12. The molecule has 104 valence electrons. The number of anilines is 1. The van der Waals surface area contributed by atoms with E-state index in [-0.39, 0.29) is 17.9 Å². The van der Waals surface area contributed by atoms with Crippen LogP contribution < -0.4 is 11.1 Å². The lowest BCUT2D eigenvalue weighted by Gasteiger charge is -2.20. The smallest absolute Gasteiger partial charge is 0.229 e. The summed E-state index contributed by atoms with van der Waals surface area (Å²) < 4.78 is 0.744. The van der Waals surface area contributed by atoms with Crippen LogP contribution in [0.5, 0.6) is 0 Å². The molecule has 20 heavy (non-hydrogen) atoms. The van der Waals surface area contributed by atoms with Crippen molar-refractivity contribution in [3.63, 3.8) is 0 Å². The first-order valence-corrected chi connectivity index (χ1v) is 7.10. The van der Waals surface area contributed by atoms with Gasteiger partial charge in [-0.3, -0.25) is 9.78 Å². The lowest BCUT2D eigenvalue weighted by Crippen LogP contribution is -2.30. The molecule has 0 saturated heterocycles. The van der Waals surface area contributed by atoms with E-state index in [0.717, 1.165) is 10.0 Å². The first kappa shape index (κ1) is 14.7. The number of hydrogen-bond acceptors (Lipinski definition) is 3. The van der Waals surface area contributed by atoms with E-state index in [1.54, 1.807) is 18.5 Å². The van der Waals surface area contributed by atoms with Crippen LogP contribution in [0, 0.1) is 5.92 Å². The summed E-state index contributed by atoms with van der Waals surface area (Å²) in [7, 11) is 0. The van der Waals surface area contributed by atoms with Crippen LogP contribution in [-0.4, -0.2) is 10.9 Å². The van der Waals surface area contributed by atoms with Gasteiger partial charge in [-0.05, 0) is 27.6 Å². The molecule has 0 radical (unpaired) electrons. The van der Waals surface area contributed by atoms with Crippen molar-refractivity contribution in [2.24, 2.45) is 11.7 Å². The molecule has 1 amide bonds. The Bertz CT molecular complexity index is 589. The van der Waals surface area contributed by atoms with Gasteiger partial charge in [-0.2, -0.15) is 0 Å². The second-order valence-electron chi connectivity index (χ2n) is 4.57. The van der Waals surface area contributed by atoms with Crippen molar-refractivity contribution >= 4 is 27.5 Å². The fourth-order valence-corrected chi connectivity index (χ4v) is 2.20. The van der Waals surface area contributed by atoms with Crippen molar-refractivity contribution in [3.8, 4) is 0 Å². The Kier molecular flexibility index (Phi) is 4.87. The topological polar surface area (TPSA) is 68.0 Å².